The number of rotatable bonds is 3. The van der Waals surface area contributed by atoms with Crippen molar-refractivity contribution in [2.24, 2.45) is 0 Å². The van der Waals surface area contributed by atoms with E-state index in [1.165, 1.54) is 21.9 Å². The number of aromatic nitrogens is 2. The van der Waals surface area contributed by atoms with Crippen LogP contribution in [0.15, 0.2) is 73.1 Å². The number of carbonyl (C=O) groups excluding carboxylic acids is 1. The zero-order chi connectivity index (χ0) is 22.5. The summed E-state index contributed by atoms with van der Waals surface area (Å²) in [6, 6.07) is 17.4. The molecule has 0 fully saturated rings. The predicted octanol–water partition coefficient (Wildman–Crippen LogP) is 7.14. The molecule has 0 aliphatic carbocycles. The number of hydrogen-bond donors (Lipinski definition) is 1. The third kappa shape index (κ3) is 3.83. The number of alkyl halides is 3. The van der Waals surface area contributed by atoms with Gasteiger partial charge in [-0.05, 0) is 35.7 Å². The molecule has 1 N–H and O–H groups in total. The van der Waals surface area contributed by atoms with E-state index in [1.54, 1.807) is 24.3 Å². The molecule has 3 heterocycles. The van der Waals surface area contributed by atoms with Gasteiger partial charge in [0.1, 0.15) is 0 Å². The molecule has 0 unspecified atom stereocenters. The summed E-state index contributed by atoms with van der Waals surface area (Å²) >= 11 is 7.43. The van der Waals surface area contributed by atoms with Gasteiger partial charge in [-0.15, -0.1) is 11.3 Å². The first-order valence-electron chi connectivity index (χ1n) is 9.44. The highest BCUT2D eigenvalue weighted by Crippen LogP contribution is 2.33. The number of imidazole rings is 1. The standard InChI is InChI=1S/C23H13ClF3N3OS/c24-17-10-15(23(25,26)27)11-30-12-18(29-21(17)30)13-5-3-6-16(8-13)28-22(31)20-9-14-4-1-2-7-19(14)32-20/h1-12H,(H,28,31). The van der Waals surface area contributed by atoms with Crippen molar-refractivity contribution in [2.75, 3.05) is 5.32 Å². The Bertz CT molecular complexity index is 1460. The number of anilines is 1. The molecular formula is C23H13ClF3N3OS. The van der Waals surface area contributed by atoms with E-state index in [2.05, 4.69) is 10.3 Å². The van der Waals surface area contributed by atoms with Gasteiger partial charge in [0.25, 0.3) is 5.91 Å². The van der Waals surface area contributed by atoms with Gasteiger partial charge in [0.05, 0.1) is 21.2 Å². The van der Waals surface area contributed by atoms with Crippen LogP contribution in [-0.2, 0) is 6.18 Å². The summed E-state index contributed by atoms with van der Waals surface area (Å²) in [5.41, 5.74) is 0.971. The maximum Gasteiger partial charge on any atom is 0.417 e. The molecule has 2 aromatic carbocycles. The molecule has 1 amide bonds. The van der Waals surface area contributed by atoms with Crippen molar-refractivity contribution in [2.45, 2.75) is 6.18 Å². The highest BCUT2D eigenvalue weighted by molar-refractivity contribution is 7.20. The van der Waals surface area contributed by atoms with E-state index in [9.17, 15) is 18.0 Å². The van der Waals surface area contributed by atoms with Crippen molar-refractivity contribution in [3.8, 4) is 11.3 Å². The number of carbonyl (C=O) groups is 1. The van der Waals surface area contributed by atoms with Crippen LogP contribution in [0.5, 0.6) is 0 Å². The Morgan fingerprint density at radius 1 is 1.03 bits per heavy atom. The Morgan fingerprint density at radius 3 is 2.62 bits per heavy atom. The minimum atomic E-state index is -4.51. The average molecular weight is 472 g/mol. The zero-order valence-electron chi connectivity index (χ0n) is 16.2. The quantitative estimate of drug-likeness (QED) is 0.304. The van der Waals surface area contributed by atoms with Gasteiger partial charge in [-0.25, -0.2) is 4.98 Å². The molecule has 32 heavy (non-hydrogen) atoms. The van der Waals surface area contributed by atoms with Crippen molar-refractivity contribution >= 4 is 50.3 Å². The number of thiophene rings is 1. The third-order valence-electron chi connectivity index (χ3n) is 4.90. The molecule has 0 aliphatic heterocycles. The summed E-state index contributed by atoms with van der Waals surface area (Å²) in [5, 5.41) is 3.77. The summed E-state index contributed by atoms with van der Waals surface area (Å²) < 4.78 is 41.5. The van der Waals surface area contributed by atoms with E-state index >= 15 is 0 Å². The highest BCUT2D eigenvalue weighted by atomic mass is 35.5. The van der Waals surface area contributed by atoms with Crippen molar-refractivity contribution in [1.82, 2.24) is 9.38 Å². The number of nitrogens with zero attached hydrogens (tertiary/aromatic N) is 2. The molecule has 0 aliphatic rings. The predicted molar refractivity (Wildman–Crippen MR) is 120 cm³/mol. The molecule has 4 nitrogen and oxygen atoms in total. The lowest BCUT2D eigenvalue weighted by Gasteiger charge is -2.07. The molecule has 5 aromatic rings. The summed E-state index contributed by atoms with van der Waals surface area (Å²) in [6.45, 7) is 0. The second kappa shape index (κ2) is 7.65. The molecule has 0 bridgehead atoms. The molecule has 5 rings (SSSR count). The Morgan fingerprint density at radius 2 is 1.84 bits per heavy atom. The smallest absolute Gasteiger partial charge is 0.321 e. The van der Waals surface area contributed by atoms with E-state index < -0.39 is 11.7 Å². The fourth-order valence-electron chi connectivity index (χ4n) is 3.39. The topological polar surface area (TPSA) is 46.4 Å². The molecule has 160 valence electrons. The van der Waals surface area contributed by atoms with E-state index in [4.69, 9.17) is 11.6 Å². The van der Waals surface area contributed by atoms with Crippen LogP contribution in [0.4, 0.5) is 18.9 Å². The number of nitrogens with one attached hydrogen (secondary N) is 1. The Balaban J connectivity index is 1.45. The van der Waals surface area contributed by atoms with Crippen LogP contribution in [0.1, 0.15) is 15.2 Å². The summed E-state index contributed by atoms with van der Waals surface area (Å²) in [4.78, 5) is 17.6. The zero-order valence-corrected chi connectivity index (χ0v) is 17.7. The van der Waals surface area contributed by atoms with Crippen molar-refractivity contribution < 1.29 is 18.0 Å². The minimum absolute atomic E-state index is 0.0970. The monoisotopic (exact) mass is 471 g/mol. The largest absolute Gasteiger partial charge is 0.417 e. The van der Waals surface area contributed by atoms with E-state index in [0.717, 1.165) is 22.3 Å². The number of fused-ring (bicyclic) bond motifs is 2. The van der Waals surface area contributed by atoms with Gasteiger partial charge in [-0.2, -0.15) is 13.2 Å². The Kier molecular flexibility index (Phi) is 4.91. The molecule has 0 spiro atoms. The maximum absolute atomic E-state index is 13.1. The summed E-state index contributed by atoms with van der Waals surface area (Å²) in [7, 11) is 0. The van der Waals surface area contributed by atoms with Crippen molar-refractivity contribution in [1.29, 1.82) is 0 Å². The molecule has 3 aromatic heterocycles. The van der Waals surface area contributed by atoms with Gasteiger partial charge in [0.2, 0.25) is 0 Å². The molecule has 0 radical (unpaired) electrons. The van der Waals surface area contributed by atoms with Gasteiger partial charge in [0.15, 0.2) is 5.65 Å². The van der Waals surface area contributed by atoms with Gasteiger partial charge in [-0.3, -0.25) is 4.79 Å². The van der Waals surface area contributed by atoms with E-state index in [-0.39, 0.29) is 16.6 Å². The summed E-state index contributed by atoms with van der Waals surface area (Å²) in [6.07, 6.45) is -2.09. The fraction of sp³-hybridized carbons (Fsp3) is 0.0435. The Labute approximate surface area is 188 Å². The first-order valence-corrected chi connectivity index (χ1v) is 10.6. The highest BCUT2D eigenvalue weighted by Gasteiger charge is 2.32. The second-order valence-electron chi connectivity index (χ2n) is 7.11. The van der Waals surface area contributed by atoms with Crippen molar-refractivity contribution in [3.63, 3.8) is 0 Å². The minimum Gasteiger partial charge on any atom is -0.321 e. The lowest BCUT2D eigenvalue weighted by atomic mass is 10.1. The van der Waals surface area contributed by atoms with Gasteiger partial charge in [0, 0.05) is 28.3 Å². The van der Waals surface area contributed by atoms with Gasteiger partial charge < -0.3 is 9.72 Å². The van der Waals surface area contributed by atoms with Crippen LogP contribution in [-0.4, -0.2) is 15.3 Å². The second-order valence-corrected chi connectivity index (χ2v) is 8.61. The molecule has 0 saturated carbocycles. The summed E-state index contributed by atoms with van der Waals surface area (Å²) in [5.74, 6) is -0.240. The lowest BCUT2D eigenvalue weighted by Crippen LogP contribution is -2.09. The van der Waals surface area contributed by atoms with Crippen LogP contribution >= 0.6 is 22.9 Å². The first kappa shape index (κ1) is 20.5. The Hall–Kier alpha value is -3.36. The van der Waals surface area contributed by atoms with Crippen LogP contribution in [0, 0.1) is 0 Å². The third-order valence-corrected chi connectivity index (χ3v) is 6.29. The van der Waals surface area contributed by atoms with Gasteiger partial charge >= 0.3 is 6.18 Å². The van der Waals surface area contributed by atoms with Crippen LogP contribution in [0.25, 0.3) is 27.0 Å². The number of hydrogen-bond acceptors (Lipinski definition) is 3. The van der Waals surface area contributed by atoms with Crippen molar-refractivity contribution in [3.05, 3.63) is 88.5 Å². The molecule has 0 atom stereocenters. The lowest BCUT2D eigenvalue weighted by molar-refractivity contribution is -0.137. The van der Waals surface area contributed by atoms with Crippen LogP contribution in [0.3, 0.4) is 0 Å². The number of halogens is 4. The number of amides is 1. The first-order chi connectivity index (χ1) is 15.3. The number of benzene rings is 2. The van der Waals surface area contributed by atoms with E-state index in [1.807, 2.05) is 30.3 Å². The fourth-order valence-corrected chi connectivity index (χ4v) is 4.61. The maximum atomic E-state index is 13.1. The SMILES string of the molecule is O=C(Nc1cccc(-c2cn3cc(C(F)(F)F)cc(Cl)c3n2)c1)c1cc2ccccc2s1. The molecular weight excluding hydrogens is 459 g/mol. The molecule has 0 saturated heterocycles. The van der Waals surface area contributed by atoms with Gasteiger partial charge in [-0.1, -0.05) is 41.9 Å². The van der Waals surface area contributed by atoms with Crippen LogP contribution < -0.4 is 5.32 Å². The van der Waals surface area contributed by atoms with E-state index in [0.29, 0.717) is 21.8 Å². The number of pyridine rings is 1. The molecule has 9 heteroatoms. The average Bonchev–Trinajstić information content (AvgIpc) is 3.38. The normalized spacial score (nSPS) is 11.9. The van der Waals surface area contributed by atoms with Crippen LogP contribution in [0.2, 0.25) is 5.02 Å².